The number of ketones is 1. The van der Waals surface area contributed by atoms with Crippen molar-refractivity contribution >= 4 is 12.0 Å². The van der Waals surface area contributed by atoms with Crippen LogP contribution in [0.4, 0.5) is 0 Å². The van der Waals surface area contributed by atoms with Gasteiger partial charge >= 0.3 is 0 Å². The molecule has 2 aliphatic heterocycles. The molecule has 0 saturated carbocycles. The van der Waals surface area contributed by atoms with Gasteiger partial charge in [0.25, 0.3) is 0 Å². The summed E-state index contributed by atoms with van der Waals surface area (Å²) in [6.07, 6.45) is 4.62. The summed E-state index contributed by atoms with van der Waals surface area (Å²) in [5.74, 6) is 0.0836. The molecule has 0 aromatic heterocycles. The van der Waals surface area contributed by atoms with E-state index in [1.165, 1.54) is 17.3 Å². The Morgan fingerprint density at radius 2 is 2.00 bits per heavy atom. The second kappa shape index (κ2) is 4.64. The molecule has 1 aromatic rings. The molecule has 0 amide bonds. The molecule has 2 N–H and O–H groups in total. The molecule has 110 valence electrons. The fourth-order valence-corrected chi connectivity index (χ4v) is 4.00. The molecule has 2 heterocycles. The molecule has 1 unspecified atom stereocenters. The average molecular weight is 284 g/mol. The second-order valence-electron chi connectivity index (χ2n) is 6.41. The Labute approximate surface area is 124 Å². The van der Waals surface area contributed by atoms with Gasteiger partial charge in [-0.05, 0) is 35.8 Å². The zero-order chi connectivity index (χ0) is 14.4. The zero-order valence-corrected chi connectivity index (χ0v) is 12.0. The van der Waals surface area contributed by atoms with Crippen molar-refractivity contribution in [2.45, 2.75) is 25.3 Å². The Balaban J connectivity index is 1.48. The average Bonchev–Trinajstić information content (AvgIpc) is 3.04. The van der Waals surface area contributed by atoms with E-state index in [-0.39, 0.29) is 17.2 Å². The van der Waals surface area contributed by atoms with Gasteiger partial charge in [0.1, 0.15) is 6.54 Å². The molecular weight excluding hydrogens is 264 g/mol. The lowest BCUT2D eigenvalue weighted by Crippen LogP contribution is -2.49. The Morgan fingerprint density at radius 1 is 1.24 bits per heavy atom. The van der Waals surface area contributed by atoms with Gasteiger partial charge in [0, 0.05) is 19.1 Å². The van der Waals surface area contributed by atoms with Crippen LogP contribution in [0.2, 0.25) is 0 Å². The fraction of sp³-hybridized carbons (Fsp3) is 0.500. The van der Waals surface area contributed by atoms with Crippen molar-refractivity contribution in [1.29, 1.82) is 0 Å². The molecule has 3 aliphatic rings. The third-order valence-electron chi connectivity index (χ3n) is 5.29. The lowest BCUT2D eigenvalue weighted by atomic mass is 9.73. The predicted molar refractivity (Wildman–Crippen MR) is 80.5 cm³/mol. The smallest absolute Gasteiger partial charge is 0.198 e. The Morgan fingerprint density at radius 3 is 2.67 bits per heavy atom. The predicted octanol–water partition coefficient (Wildman–Crippen LogP) is 1.11. The molecular formula is C16H20N4O. The van der Waals surface area contributed by atoms with E-state index < -0.39 is 0 Å². The van der Waals surface area contributed by atoms with E-state index in [0.29, 0.717) is 6.54 Å². The van der Waals surface area contributed by atoms with Crippen LogP contribution in [0.15, 0.2) is 29.4 Å². The zero-order valence-electron chi connectivity index (χ0n) is 12.0. The van der Waals surface area contributed by atoms with Gasteiger partial charge in [0.2, 0.25) is 0 Å². The molecule has 1 fully saturated rings. The van der Waals surface area contributed by atoms with E-state index in [1.807, 2.05) is 5.12 Å². The minimum absolute atomic E-state index is 0.0836. The van der Waals surface area contributed by atoms with E-state index in [9.17, 15) is 4.79 Å². The number of rotatable bonds is 1. The molecule has 5 heteroatoms. The highest BCUT2D eigenvalue weighted by atomic mass is 16.1. The molecule has 21 heavy (non-hydrogen) atoms. The van der Waals surface area contributed by atoms with Gasteiger partial charge in [-0.3, -0.25) is 4.79 Å². The fourth-order valence-electron chi connectivity index (χ4n) is 4.00. The number of carbonyl (C=O) groups is 1. The second-order valence-corrected chi connectivity index (χ2v) is 6.41. The standard InChI is InChI=1S/C16H20N4O/c17-15-14-4-2-1-3-12(14)9-16(15)5-7-19(8-6-16)20-11-13(21)10-18-20/h1-4,10,15H,5-9,11,17H2. The molecule has 1 atom stereocenters. The Bertz CT molecular complexity index is 604. The SMILES string of the molecule is NC1c2ccccc2CC12CCN(N1CC(=O)C=N1)CC2. The van der Waals surface area contributed by atoms with E-state index >= 15 is 0 Å². The van der Waals surface area contributed by atoms with Crippen molar-refractivity contribution in [3.63, 3.8) is 0 Å². The molecule has 0 radical (unpaired) electrons. The first-order valence-corrected chi connectivity index (χ1v) is 7.61. The number of carbonyl (C=O) groups excluding carboxylic acids is 1. The molecule has 5 nitrogen and oxygen atoms in total. The third kappa shape index (κ3) is 2.00. The number of benzene rings is 1. The number of piperidine rings is 1. The lowest BCUT2D eigenvalue weighted by molar-refractivity contribution is -0.118. The Kier molecular flexibility index (Phi) is 2.87. The van der Waals surface area contributed by atoms with Gasteiger partial charge in [0.05, 0.1) is 6.21 Å². The number of hydrogen-bond acceptors (Lipinski definition) is 5. The summed E-state index contributed by atoms with van der Waals surface area (Å²) >= 11 is 0. The van der Waals surface area contributed by atoms with Crippen LogP contribution in [0, 0.1) is 5.41 Å². The van der Waals surface area contributed by atoms with Gasteiger partial charge in [-0.2, -0.15) is 5.10 Å². The molecule has 1 saturated heterocycles. The summed E-state index contributed by atoms with van der Waals surface area (Å²) in [6, 6.07) is 8.70. The maximum absolute atomic E-state index is 11.3. The van der Waals surface area contributed by atoms with Crippen molar-refractivity contribution in [1.82, 2.24) is 10.1 Å². The van der Waals surface area contributed by atoms with Gasteiger partial charge in [-0.1, -0.05) is 24.3 Å². The highest BCUT2D eigenvalue weighted by molar-refractivity contribution is 6.29. The quantitative estimate of drug-likeness (QED) is 0.839. The van der Waals surface area contributed by atoms with E-state index in [4.69, 9.17) is 5.73 Å². The van der Waals surface area contributed by atoms with Crippen LogP contribution in [0.1, 0.15) is 30.0 Å². The van der Waals surface area contributed by atoms with Gasteiger partial charge in [-0.15, -0.1) is 0 Å². The number of fused-ring (bicyclic) bond motifs is 1. The van der Waals surface area contributed by atoms with Crippen LogP contribution in [0.5, 0.6) is 0 Å². The first kappa shape index (κ1) is 13.0. The van der Waals surface area contributed by atoms with Crippen LogP contribution in [0.3, 0.4) is 0 Å². The summed E-state index contributed by atoms with van der Waals surface area (Å²) in [5.41, 5.74) is 9.48. The number of nitrogens with zero attached hydrogens (tertiary/aromatic N) is 3. The summed E-state index contributed by atoms with van der Waals surface area (Å²) in [6.45, 7) is 2.23. The lowest BCUT2D eigenvalue weighted by Gasteiger charge is -2.44. The number of nitrogens with two attached hydrogens (primary N) is 1. The monoisotopic (exact) mass is 284 g/mol. The highest BCUT2D eigenvalue weighted by Gasteiger charge is 2.46. The van der Waals surface area contributed by atoms with Gasteiger partial charge in [-0.25, -0.2) is 10.1 Å². The number of hydrazine groups is 1. The highest BCUT2D eigenvalue weighted by Crippen LogP contribution is 2.50. The maximum atomic E-state index is 11.3. The van der Waals surface area contributed by atoms with Crippen LogP contribution in [0.25, 0.3) is 0 Å². The topological polar surface area (TPSA) is 61.9 Å². The molecule has 4 rings (SSSR count). The Hall–Kier alpha value is -1.72. The summed E-state index contributed by atoms with van der Waals surface area (Å²) in [7, 11) is 0. The van der Waals surface area contributed by atoms with Crippen molar-refractivity contribution in [3.05, 3.63) is 35.4 Å². The van der Waals surface area contributed by atoms with Crippen molar-refractivity contribution < 1.29 is 4.79 Å². The first-order valence-electron chi connectivity index (χ1n) is 7.61. The van der Waals surface area contributed by atoms with E-state index in [0.717, 1.165) is 32.4 Å². The van der Waals surface area contributed by atoms with Crippen LogP contribution in [-0.2, 0) is 11.2 Å². The normalized spacial score (nSPS) is 27.6. The third-order valence-corrected chi connectivity index (χ3v) is 5.29. The van der Waals surface area contributed by atoms with Crippen molar-refractivity contribution in [2.24, 2.45) is 16.3 Å². The summed E-state index contributed by atoms with van der Waals surface area (Å²) in [5, 5.41) is 8.16. The molecule has 0 bridgehead atoms. The minimum Gasteiger partial charge on any atom is -0.323 e. The van der Waals surface area contributed by atoms with Crippen LogP contribution in [-0.4, -0.2) is 41.8 Å². The minimum atomic E-state index is 0.0836. The van der Waals surface area contributed by atoms with Crippen molar-refractivity contribution in [3.8, 4) is 0 Å². The largest absolute Gasteiger partial charge is 0.323 e. The molecule has 1 aliphatic carbocycles. The number of hydrazone groups is 1. The van der Waals surface area contributed by atoms with E-state index in [1.54, 1.807) is 0 Å². The van der Waals surface area contributed by atoms with Crippen LogP contribution >= 0.6 is 0 Å². The van der Waals surface area contributed by atoms with Crippen molar-refractivity contribution in [2.75, 3.05) is 19.6 Å². The summed E-state index contributed by atoms with van der Waals surface area (Å²) in [4.78, 5) is 11.3. The maximum Gasteiger partial charge on any atom is 0.198 e. The molecule has 1 spiro atoms. The van der Waals surface area contributed by atoms with Crippen LogP contribution < -0.4 is 5.73 Å². The first-order chi connectivity index (χ1) is 10.2. The molecule has 1 aromatic carbocycles. The van der Waals surface area contributed by atoms with E-state index in [2.05, 4.69) is 34.4 Å². The van der Waals surface area contributed by atoms with Gasteiger partial charge in [0.15, 0.2) is 5.78 Å². The number of Topliss-reactive ketones (excluding diaryl/α,β-unsaturated/α-hetero) is 1. The van der Waals surface area contributed by atoms with Gasteiger partial charge < -0.3 is 5.73 Å². The summed E-state index contributed by atoms with van der Waals surface area (Å²) < 4.78 is 0. The number of hydrogen-bond donors (Lipinski definition) is 1.